The molecule has 0 spiro atoms. The van der Waals surface area contributed by atoms with Gasteiger partial charge in [-0.25, -0.2) is 19.3 Å². The van der Waals surface area contributed by atoms with Crippen LogP contribution in [0.4, 0.5) is 26.3 Å². The molecule has 15 heteroatoms. The molecule has 5 heterocycles. The maximum absolute atomic E-state index is 12.6. The van der Waals surface area contributed by atoms with E-state index in [9.17, 15) is 35.9 Å². The van der Waals surface area contributed by atoms with Crippen LogP contribution in [0.1, 0.15) is 35.7 Å². The van der Waals surface area contributed by atoms with Crippen LogP contribution in [0.3, 0.4) is 0 Å². The maximum atomic E-state index is 12.6. The molecule has 9 nitrogen and oxygen atoms in total. The van der Waals surface area contributed by atoms with Gasteiger partial charge in [-0.05, 0) is 37.0 Å². The minimum Gasteiger partial charge on any atom is -0.313 e. The Morgan fingerprint density at radius 3 is 2.47 bits per heavy atom. The summed E-state index contributed by atoms with van der Waals surface area (Å²) in [7, 11) is 0. The molecule has 198 valence electrons. The number of hydrogen-bond donors (Lipinski definition) is 2. The molecule has 0 radical (unpaired) electrons. The van der Waals surface area contributed by atoms with Crippen LogP contribution >= 0.6 is 0 Å². The van der Waals surface area contributed by atoms with Crippen LogP contribution in [0, 0.1) is 0 Å². The number of halogens is 6. The van der Waals surface area contributed by atoms with Crippen LogP contribution in [-0.4, -0.2) is 40.1 Å². The zero-order valence-electron chi connectivity index (χ0n) is 19.1. The number of H-pyrrole nitrogens is 2. The fraction of sp³-hybridized carbons (Fsp3) is 0.261. The Morgan fingerprint density at radius 2 is 1.82 bits per heavy atom. The van der Waals surface area contributed by atoms with E-state index in [0.29, 0.717) is 17.2 Å². The SMILES string of the molecule is FC(F)(F)Cc1c(C(F)(F)F)nc2ccccn12.O=c1[nH]cc(-c2cc(C3CC3)c3nccn3n2)c(=O)[nH]1. The van der Waals surface area contributed by atoms with E-state index >= 15 is 0 Å². The summed E-state index contributed by atoms with van der Waals surface area (Å²) in [6.07, 6.45) is -3.09. The third-order valence-corrected chi connectivity index (χ3v) is 5.77. The number of pyridine rings is 1. The van der Waals surface area contributed by atoms with Crippen LogP contribution in [0.25, 0.3) is 22.6 Å². The van der Waals surface area contributed by atoms with Crippen LogP contribution in [0.2, 0.25) is 0 Å². The van der Waals surface area contributed by atoms with Crippen molar-refractivity contribution in [2.45, 2.75) is 37.5 Å². The Balaban J connectivity index is 0.000000156. The second-order valence-electron chi connectivity index (χ2n) is 8.57. The predicted molar refractivity (Wildman–Crippen MR) is 122 cm³/mol. The third-order valence-electron chi connectivity index (χ3n) is 5.77. The quantitative estimate of drug-likeness (QED) is 0.337. The lowest BCUT2D eigenvalue weighted by Crippen LogP contribution is -2.23. The number of alkyl halides is 6. The summed E-state index contributed by atoms with van der Waals surface area (Å²) in [4.78, 5) is 35.1. The molecule has 5 aromatic heterocycles. The average molecular weight is 537 g/mol. The van der Waals surface area contributed by atoms with Gasteiger partial charge in [0.1, 0.15) is 5.65 Å². The molecule has 0 unspecified atom stereocenters. The van der Waals surface area contributed by atoms with Crippen LogP contribution in [-0.2, 0) is 12.6 Å². The Labute approximate surface area is 207 Å². The van der Waals surface area contributed by atoms with Gasteiger partial charge in [0.05, 0.1) is 23.4 Å². The van der Waals surface area contributed by atoms with Crippen molar-refractivity contribution in [2.24, 2.45) is 0 Å². The molecule has 5 aromatic rings. The average Bonchev–Trinajstić information content (AvgIpc) is 3.45. The van der Waals surface area contributed by atoms with Crippen molar-refractivity contribution in [2.75, 3.05) is 0 Å². The molecule has 0 aromatic carbocycles. The second-order valence-corrected chi connectivity index (χ2v) is 8.57. The van der Waals surface area contributed by atoms with E-state index in [2.05, 4.69) is 25.0 Å². The molecule has 0 aliphatic heterocycles. The number of aromatic nitrogens is 7. The highest BCUT2D eigenvalue weighted by molar-refractivity contribution is 5.62. The van der Waals surface area contributed by atoms with E-state index in [1.807, 2.05) is 6.07 Å². The maximum Gasteiger partial charge on any atom is 0.435 e. The number of aromatic amines is 2. The molecule has 0 atom stereocenters. The predicted octanol–water partition coefficient (Wildman–Crippen LogP) is 4.11. The highest BCUT2D eigenvalue weighted by Gasteiger charge is 2.41. The topological polar surface area (TPSA) is 113 Å². The third kappa shape index (κ3) is 5.17. The monoisotopic (exact) mass is 537 g/mol. The number of rotatable bonds is 3. The lowest BCUT2D eigenvalue weighted by molar-refractivity contribution is -0.146. The van der Waals surface area contributed by atoms with Gasteiger partial charge < -0.3 is 9.38 Å². The molecule has 0 saturated heterocycles. The van der Waals surface area contributed by atoms with Gasteiger partial charge in [0.25, 0.3) is 5.56 Å². The van der Waals surface area contributed by atoms with Gasteiger partial charge >= 0.3 is 18.0 Å². The first kappa shape index (κ1) is 25.2. The zero-order valence-corrected chi connectivity index (χ0v) is 19.1. The summed E-state index contributed by atoms with van der Waals surface area (Å²) in [5, 5.41) is 4.38. The summed E-state index contributed by atoms with van der Waals surface area (Å²) < 4.78 is 77.3. The van der Waals surface area contributed by atoms with E-state index in [1.54, 1.807) is 16.9 Å². The van der Waals surface area contributed by atoms with Crippen molar-refractivity contribution in [1.29, 1.82) is 0 Å². The molecule has 2 N–H and O–H groups in total. The molecule has 6 rings (SSSR count). The highest BCUT2D eigenvalue weighted by Crippen LogP contribution is 2.42. The summed E-state index contributed by atoms with van der Waals surface area (Å²) in [6, 6.07) is 5.85. The first-order valence-electron chi connectivity index (χ1n) is 11.2. The van der Waals surface area contributed by atoms with Crippen molar-refractivity contribution in [1.82, 2.24) is 34.0 Å². The Morgan fingerprint density at radius 1 is 1.05 bits per heavy atom. The minimum atomic E-state index is -4.91. The van der Waals surface area contributed by atoms with Crippen LogP contribution < -0.4 is 11.2 Å². The van der Waals surface area contributed by atoms with E-state index in [0.717, 1.165) is 34.6 Å². The van der Waals surface area contributed by atoms with E-state index in [-0.39, 0.29) is 5.65 Å². The molecule has 1 aliphatic rings. The van der Waals surface area contributed by atoms with Gasteiger partial charge in [-0.1, -0.05) is 6.07 Å². The number of fused-ring (bicyclic) bond motifs is 2. The van der Waals surface area contributed by atoms with E-state index < -0.39 is 41.4 Å². The van der Waals surface area contributed by atoms with Crippen molar-refractivity contribution >= 4 is 11.3 Å². The first-order valence-corrected chi connectivity index (χ1v) is 11.2. The van der Waals surface area contributed by atoms with Crippen molar-refractivity contribution in [3.05, 3.63) is 86.8 Å². The molecular formula is C23H17F6N7O2. The second kappa shape index (κ2) is 9.15. The number of nitrogens with one attached hydrogen (secondary N) is 2. The summed E-state index contributed by atoms with van der Waals surface area (Å²) in [5.41, 5.74) is -0.701. The van der Waals surface area contributed by atoms with Crippen molar-refractivity contribution < 1.29 is 26.3 Å². The fourth-order valence-corrected chi connectivity index (χ4v) is 4.00. The minimum absolute atomic E-state index is 0.163. The Bertz CT molecular complexity index is 1740. The summed E-state index contributed by atoms with van der Waals surface area (Å²) in [5.74, 6) is 0.489. The fourth-order valence-electron chi connectivity index (χ4n) is 4.00. The number of nitrogens with zero attached hydrogens (tertiary/aromatic N) is 5. The summed E-state index contributed by atoms with van der Waals surface area (Å²) >= 11 is 0. The normalized spacial score (nSPS) is 14.1. The standard InChI is InChI=1S/C13H11N5O2.C10H6F6N2/c19-12-9(6-15-13(20)16-12)10-5-8(7-1-2-7)11-14-3-4-18(11)17-10;11-9(12,13)5-6-8(10(14,15)16)17-7-3-1-2-4-18(6)7/h3-7H,1-2H2,(H2,15,16,19,20);1-4H,5H2. The lowest BCUT2D eigenvalue weighted by Gasteiger charge is -2.10. The molecule has 0 amide bonds. The van der Waals surface area contributed by atoms with Crippen molar-refractivity contribution in [3.8, 4) is 11.3 Å². The van der Waals surface area contributed by atoms with Gasteiger partial charge in [0, 0.05) is 30.4 Å². The largest absolute Gasteiger partial charge is 0.435 e. The van der Waals surface area contributed by atoms with Crippen LogP contribution in [0.5, 0.6) is 0 Å². The van der Waals surface area contributed by atoms with Crippen LogP contribution in [0.15, 0.2) is 58.6 Å². The molecule has 1 aliphatic carbocycles. The number of hydrogen-bond acceptors (Lipinski definition) is 5. The molecule has 38 heavy (non-hydrogen) atoms. The highest BCUT2D eigenvalue weighted by atomic mass is 19.4. The zero-order chi connectivity index (χ0) is 27.2. The van der Waals surface area contributed by atoms with E-state index in [4.69, 9.17) is 0 Å². The van der Waals surface area contributed by atoms with Crippen molar-refractivity contribution in [3.63, 3.8) is 0 Å². The van der Waals surface area contributed by atoms with Gasteiger partial charge in [-0.2, -0.15) is 31.4 Å². The van der Waals surface area contributed by atoms with Gasteiger partial charge in [-0.15, -0.1) is 0 Å². The smallest absolute Gasteiger partial charge is 0.313 e. The van der Waals surface area contributed by atoms with Gasteiger partial charge in [0.15, 0.2) is 11.3 Å². The number of imidazole rings is 2. The molecular weight excluding hydrogens is 520 g/mol. The summed E-state index contributed by atoms with van der Waals surface area (Å²) in [6.45, 7) is 0. The molecule has 1 fully saturated rings. The lowest BCUT2D eigenvalue weighted by atomic mass is 10.1. The Hall–Kier alpha value is -4.43. The van der Waals surface area contributed by atoms with E-state index in [1.165, 1.54) is 24.4 Å². The molecule has 0 bridgehead atoms. The Kier molecular flexibility index (Phi) is 6.07. The first-order chi connectivity index (χ1) is 17.9. The van der Waals surface area contributed by atoms with Gasteiger partial charge in [-0.3, -0.25) is 9.78 Å². The van der Waals surface area contributed by atoms with Gasteiger partial charge in [0.2, 0.25) is 0 Å². The molecule has 1 saturated carbocycles.